The van der Waals surface area contributed by atoms with Crippen molar-refractivity contribution < 1.29 is 0 Å². The minimum Gasteiger partial charge on any atom is -0.399 e. The minimum atomic E-state index is 0.793. The molecule has 82 valence electrons. The average Bonchev–Trinajstić information content (AvgIpc) is 2.33. The third kappa shape index (κ3) is 2.34. The van der Waals surface area contributed by atoms with Crippen LogP contribution in [0.2, 0.25) is 0 Å². The van der Waals surface area contributed by atoms with Crippen molar-refractivity contribution in [2.24, 2.45) is 0 Å². The van der Waals surface area contributed by atoms with E-state index in [0.717, 1.165) is 17.8 Å². The van der Waals surface area contributed by atoms with Crippen molar-refractivity contribution in [1.29, 1.82) is 0 Å². The molecule has 2 rings (SSSR count). The first-order chi connectivity index (χ1) is 7.79. The third-order valence-corrected chi connectivity index (χ3v) is 2.64. The van der Waals surface area contributed by atoms with E-state index < -0.39 is 0 Å². The first kappa shape index (κ1) is 10.6. The zero-order valence-electron chi connectivity index (χ0n) is 9.40. The molecule has 3 N–H and O–H groups in total. The Kier molecular flexibility index (Phi) is 3.10. The monoisotopic (exact) mass is 212 g/mol. The lowest BCUT2D eigenvalue weighted by Crippen LogP contribution is -1.98. The molecule has 0 atom stereocenters. The van der Waals surface area contributed by atoms with Crippen LogP contribution in [0.3, 0.4) is 0 Å². The molecule has 0 aliphatic heterocycles. The van der Waals surface area contributed by atoms with E-state index in [-0.39, 0.29) is 0 Å². The topological polar surface area (TPSA) is 38.0 Å². The molecule has 2 heteroatoms. The Morgan fingerprint density at radius 2 is 1.81 bits per heavy atom. The second-order valence-corrected chi connectivity index (χ2v) is 3.83. The smallest absolute Gasteiger partial charge is 0.0394 e. The normalized spacial score (nSPS) is 10.1. The lowest BCUT2D eigenvalue weighted by atomic mass is 10.0. The molecule has 0 aromatic heterocycles. The van der Waals surface area contributed by atoms with Crippen LogP contribution >= 0.6 is 0 Å². The van der Waals surface area contributed by atoms with Gasteiger partial charge in [-0.3, -0.25) is 0 Å². The second kappa shape index (κ2) is 4.71. The average molecular weight is 212 g/mol. The summed E-state index contributed by atoms with van der Waals surface area (Å²) in [5, 5.41) is 3.18. The highest BCUT2D eigenvalue weighted by molar-refractivity contribution is 5.60. The molecule has 0 saturated carbocycles. The summed E-state index contributed by atoms with van der Waals surface area (Å²) in [6, 6.07) is 16.4. The van der Waals surface area contributed by atoms with Crippen molar-refractivity contribution in [2.45, 2.75) is 6.42 Å². The van der Waals surface area contributed by atoms with Gasteiger partial charge < -0.3 is 11.1 Å². The molecule has 2 nitrogen and oxygen atoms in total. The lowest BCUT2D eigenvalue weighted by Gasteiger charge is -2.10. The standard InChI is InChI=1S/C14H16N2/c1-16-14-10-13(15)8-7-12(14)9-11-5-3-2-4-6-11/h2-8,10,16H,9,15H2,1H3. The Bertz CT molecular complexity index is 463. The summed E-state index contributed by atoms with van der Waals surface area (Å²) < 4.78 is 0. The lowest BCUT2D eigenvalue weighted by molar-refractivity contribution is 1.19. The van der Waals surface area contributed by atoms with Gasteiger partial charge in [-0.05, 0) is 29.7 Å². The van der Waals surface area contributed by atoms with Gasteiger partial charge in [-0.25, -0.2) is 0 Å². The highest BCUT2D eigenvalue weighted by Gasteiger charge is 2.02. The summed E-state index contributed by atoms with van der Waals surface area (Å²) in [7, 11) is 1.92. The SMILES string of the molecule is CNc1cc(N)ccc1Cc1ccccc1. The molecule has 0 unspecified atom stereocenters. The van der Waals surface area contributed by atoms with Crippen LogP contribution in [0.4, 0.5) is 11.4 Å². The number of nitrogen functional groups attached to an aromatic ring is 1. The predicted molar refractivity (Wildman–Crippen MR) is 69.6 cm³/mol. The first-order valence-electron chi connectivity index (χ1n) is 5.39. The Morgan fingerprint density at radius 1 is 1.06 bits per heavy atom. The molecule has 0 heterocycles. The van der Waals surface area contributed by atoms with Gasteiger partial charge in [0, 0.05) is 18.4 Å². The van der Waals surface area contributed by atoms with Crippen molar-refractivity contribution in [3.63, 3.8) is 0 Å². The van der Waals surface area contributed by atoms with Crippen LogP contribution in [0.1, 0.15) is 11.1 Å². The molecular formula is C14H16N2. The van der Waals surface area contributed by atoms with E-state index in [2.05, 4.69) is 35.6 Å². The van der Waals surface area contributed by atoms with Crippen LogP contribution in [0.25, 0.3) is 0 Å². The maximum Gasteiger partial charge on any atom is 0.0394 e. The Balaban J connectivity index is 2.28. The number of nitrogens with two attached hydrogens (primary N) is 1. The van der Waals surface area contributed by atoms with Crippen LogP contribution in [0.5, 0.6) is 0 Å². The molecule has 0 bridgehead atoms. The maximum atomic E-state index is 5.76. The summed E-state index contributed by atoms with van der Waals surface area (Å²) >= 11 is 0. The van der Waals surface area contributed by atoms with Gasteiger partial charge >= 0.3 is 0 Å². The minimum absolute atomic E-state index is 0.793. The third-order valence-electron chi connectivity index (χ3n) is 2.64. The van der Waals surface area contributed by atoms with Crippen molar-refractivity contribution in [2.75, 3.05) is 18.1 Å². The van der Waals surface area contributed by atoms with Crippen molar-refractivity contribution >= 4 is 11.4 Å². The molecule has 0 radical (unpaired) electrons. The van der Waals surface area contributed by atoms with Gasteiger partial charge in [0.25, 0.3) is 0 Å². The van der Waals surface area contributed by atoms with Crippen LogP contribution < -0.4 is 11.1 Å². The number of benzene rings is 2. The zero-order chi connectivity index (χ0) is 11.4. The van der Waals surface area contributed by atoms with Crippen LogP contribution in [0, 0.1) is 0 Å². The van der Waals surface area contributed by atoms with E-state index in [4.69, 9.17) is 5.73 Å². The first-order valence-corrected chi connectivity index (χ1v) is 5.39. The molecule has 2 aromatic rings. The number of anilines is 2. The fourth-order valence-electron chi connectivity index (χ4n) is 1.80. The molecule has 2 aromatic carbocycles. The van der Waals surface area contributed by atoms with E-state index in [1.807, 2.05) is 25.2 Å². The largest absolute Gasteiger partial charge is 0.399 e. The Hall–Kier alpha value is -1.96. The van der Waals surface area contributed by atoms with E-state index in [1.54, 1.807) is 0 Å². The van der Waals surface area contributed by atoms with Gasteiger partial charge in [-0.15, -0.1) is 0 Å². The van der Waals surface area contributed by atoms with Crippen molar-refractivity contribution in [3.05, 3.63) is 59.7 Å². The van der Waals surface area contributed by atoms with Gasteiger partial charge in [0.2, 0.25) is 0 Å². The van der Waals surface area contributed by atoms with Gasteiger partial charge in [0.15, 0.2) is 0 Å². The van der Waals surface area contributed by atoms with E-state index in [0.29, 0.717) is 0 Å². The quantitative estimate of drug-likeness (QED) is 0.768. The zero-order valence-corrected chi connectivity index (χ0v) is 9.40. The van der Waals surface area contributed by atoms with Crippen LogP contribution in [0.15, 0.2) is 48.5 Å². The highest BCUT2D eigenvalue weighted by atomic mass is 14.8. The summed E-state index contributed by atoms with van der Waals surface area (Å²) in [6.45, 7) is 0. The predicted octanol–water partition coefficient (Wildman–Crippen LogP) is 2.90. The maximum absolute atomic E-state index is 5.76. The van der Waals surface area contributed by atoms with Gasteiger partial charge in [-0.1, -0.05) is 36.4 Å². The number of nitrogens with one attached hydrogen (secondary N) is 1. The van der Waals surface area contributed by atoms with Crippen LogP contribution in [-0.2, 0) is 6.42 Å². The summed E-state index contributed by atoms with van der Waals surface area (Å²) in [6.07, 6.45) is 0.928. The second-order valence-electron chi connectivity index (χ2n) is 3.83. The van der Waals surface area contributed by atoms with E-state index in [1.165, 1.54) is 11.1 Å². The van der Waals surface area contributed by atoms with Crippen LogP contribution in [-0.4, -0.2) is 7.05 Å². The summed E-state index contributed by atoms with van der Waals surface area (Å²) in [4.78, 5) is 0. The molecule has 0 aliphatic rings. The summed E-state index contributed by atoms with van der Waals surface area (Å²) in [5.41, 5.74) is 10.2. The van der Waals surface area contributed by atoms with Gasteiger partial charge in [0.05, 0.1) is 0 Å². The molecule has 0 aliphatic carbocycles. The Morgan fingerprint density at radius 3 is 2.50 bits per heavy atom. The molecule has 16 heavy (non-hydrogen) atoms. The molecular weight excluding hydrogens is 196 g/mol. The fourth-order valence-corrected chi connectivity index (χ4v) is 1.80. The van der Waals surface area contributed by atoms with Crippen molar-refractivity contribution in [3.8, 4) is 0 Å². The number of hydrogen-bond donors (Lipinski definition) is 2. The number of rotatable bonds is 3. The number of hydrogen-bond acceptors (Lipinski definition) is 2. The van der Waals surface area contributed by atoms with Gasteiger partial charge in [0.1, 0.15) is 0 Å². The Labute approximate surface area is 96.1 Å². The molecule has 0 spiro atoms. The van der Waals surface area contributed by atoms with E-state index >= 15 is 0 Å². The van der Waals surface area contributed by atoms with E-state index in [9.17, 15) is 0 Å². The summed E-state index contributed by atoms with van der Waals surface area (Å²) in [5.74, 6) is 0. The van der Waals surface area contributed by atoms with Crippen molar-refractivity contribution in [1.82, 2.24) is 0 Å². The highest BCUT2D eigenvalue weighted by Crippen LogP contribution is 2.21. The fraction of sp³-hybridized carbons (Fsp3) is 0.143. The van der Waals surface area contributed by atoms with Gasteiger partial charge in [-0.2, -0.15) is 0 Å². The molecule has 0 saturated heterocycles. The molecule has 0 fully saturated rings. The molecule has 0 amide bonds.